The second-order valence-electron chi connectivity index (χ2n) is 3.80. The van der Waals surface area contributed by atoms with Crippen molar-refractivity contribution in [1.82, 2.24) is 5.32 Å². The molecule has 0 saturated heterocycles. The van der Waals surface area contributed by atoms with E-state index in [0.717, 1.165) is 19.3 Å². The Hall–Kier alpha value is 0.0500. The van der Waals surface area contributed by atoms with Crippen LogP contribution in [0.15, 0.2) is 0 Å². The predicted octanol–water partition coefficient (Wildman–Crippen LogP) is 2.28. The van der Waals surface area contributed by atoms with Crippen LogP contribution in [0.5, 0.6) is 0 Å². The Morgan fingerprint density at radius 1 is 1.54 bits per heavy atom. The molecular weight excluding hydrogens is 209 g/mol. The Bertz CT molecular complexity index is 206. The van der Waals surface area contributed by atoms with Gasteiger partial charge in [0, 0.05) is 13.0 Å². The third kappa shape index (κ3) is 2.50. The zero-order chi connectivity index (χ0) is 10.1. The molecule has 2 nitrogen and oxygen atoms in total. The van der Waals surface area contributed by atoms with Gasteiger partial charge in [-0.15, -0.1) is 23.2 Å². The highest BCUT2D eigenvalue weighted by Crippen LogP contribution is 2.37. The number of carbonyl (C=O) groups is 1. The third-order valence-corrected chi connectivity index (χ3v) is 3.93. The van der Waals surface area contributed by atoms with Crippen LogP contribution >= 0.6 is 23.2 Å². The summed E-state index contributed by atoms with van der Waals surface area (Å²) in [7, 11) is 0. The molecule has 1 amide bonds. The molecule has 1 rings (SSSR count). The Labute approximate surface area is 89.0 Å². The number of halogens is 2. The van der Waals surface area contributed by atoms with Gasteiger partial charge in [0.1, 0.15) is 0 Å². The topological polar surface area (TPSA) is 29.1 Å². The lowest BCUT2D eigenvalue weighted by molar-refractivity contribution is -0.120. The Kier molecular flexibility index (Phi) is 3.47. The summed E-state index contributed by atoms with van der Waals surface area (Å²) in [5, 5.41) is 2.79. The van der Waals surface area contributed by atoms with Crippen LogP contribution in [0, 0.1) is 0 Å². The summed E-state index contributed by atoms with van der Waals surface area (Å²) in [4.78, 5) is 10.4. The number of hydrogen-bond acceptors (Lipinski definition) is 1. The van der Waals surface area contributed by atoms with E-state index in [1.165, 1.54) is 6.92 Å². The second kappa shape index (κ2) is 4.05. The summed E-state index contributed by atoms with van der Waals surface area (Å²) in [5.74, 6) is -0.0392. The minimum absolute atomic E-state index is 0.00270. The Morgan fingerprint density at radius 2 is 2.15 bits per heavy atom. The third-order valence-electron chi connectivity index (χ3n) is 2.62. The molecule has 0 aromatic heterocycles. The first kappa shape index (κ1) is 11.1. The highest BCUT2D eigenvalue weighted by Gasteiger charge is 2.42. The molecule has 0 aromatic carbocycles. The van der Waals surface area contributed by atoms with Gasteiger partial charge in [0.05, 0.1) is 10.3 Å². The normalized spacial score (nSPS) is 40.0. The van der Waals surface area contributed by atoms with E-state index in [9.17, 15) is 4.79 Å². The molecule has 0 radical (unpaired) electrons. The van der Waals surface area contributed by atoms with Crippen molar-refractivity contribution in [2.24, 2.45) is 0 Å². The van der Waals surface area contributed by atoms with Gasteiger partial charge in [0.25, 0.3) is 0 Å². The van der Waals surface area contributed by atoms with Gasteiger partial charge in [-0.3, -0.25) is 4.79 Å². The van der Waals surface area contributed by atoms with Gasteiger partial charge >= 0.3 is 0 Å². The van der Waals surface area contributed by atoms with E-state index in [2.05, 4.69) is 5.32 Å². The van der Waals surface area contributed by atoms with Crippen LogP contribution < -0.4 is 5.32 Å². The standard InChI is InChI=1S/C9H15Cl2NO/c1-6(13)12-8-5-3-4-7(10)9(8,2)11/h7-8H,3-5H2,1-2H3,(H,12,13). The van der Waals surface area contributed by atoms with Crippen LogP contribution in [0.25, 0.3) is 0 Å². The monoisotopic (exact) mass is 223 g/mol. The van der Waals surface area contributed by atoms with Crippen molar-refractivity contribution in [2.75, 3.05) is 0 Å². The zero-order valence-electron chi connectivity index (χ0n) is 7.94. The van der Waals surface area contributed by atoms with Crippen molar-refractivity contribution < 1.29 is 4.79 Å². The highest BCUT2D eigenvalue weighted by atomic mass is 35.5. The van der Waals surface area contributed by atoms with Crippen LogP contribution in [-0.2, 0) is 4.79 Å². The van der Waals surface area contributed by atoms with Crippen molar-refractivity contribution >= 4 is 29.1 Å². The van der Waals surface area contributed by atoms with Gasteiger partial charge < -0.3 is 5.32 Å². The van der Waals surface area contributed by atoms with Crippen molar-refractivity contribution in [1.29, 1.82) is 0 Å². The van der Waals surface area contributed by atoms with Crippen molar-refractivity contribution in [2.45, 2.75) is 49.4 Å². The summed E-state index contributed by atoms with van der Waals surface area (Å²) in [6.45, 7) is 3.40. The zero-order valence-corrected chi connectivity index (χ0v) is 9.45. The minimum atomic E-state index is -0.508. The van der Waals surface area contributed by atoms with Gasteiger partial charge in [0.15, 0.2) is 0 Å². The van der Waals surface area contributed by atoms with Crippen molar-refractivity contribution in [3.63, 3.8) is 0 Å². The second-order valence-corrected chi connectivity index (χ2v) is 5.14. The van der Waals surface area contributed by atoms with E-state index in [-0.39, 0.29) is 17.3 Å². The summed E-state index contributed by atoms with van der Waals surface area (Å²) in [6.07, 6.45) is 2.88. The van der Waals surface area contributed by atoms with Crippen LogP contribution in [-0.4, -0.2) is 22.2 Å². The summed E-state index contributed by atoms with van der Waals surface area (Å²) < 4.78 is 0. The lowest BCUT2D eigenvalue weighted by Gasteiger charge is -2.40. The molecule has 3 unspecified atom stereocenters. The number of amides is 1. The lowest BCUT2D eigenvalue weighted by Crippen LogP contribution is -2.54. The fraction of sp³-hybridized carbons (Fsp3) is 0.889. The molecule has 0 aliphatic heterocycles. The summed E-state index contributed by atoms with van der Waals surface area (Å²) in [6, 6.07) is 0.00270. The largest absolute Gasteiger partial charge is 0.352 e. The Morgan fingerprint density at radius 3 is 2.69 bits per heavy atom. The van der Waals surface area contributed by atoms with Gasteiger partial charge in [-0.05, 0) is 26.2 Å². The first-order chi connectivity index (χ1) is 5.94. The molecule has 4 heteroatoms. The molecule has 0 bridgehead atoms. The number of rotatable bonds is 1. The molecule has 0 heterocycles. The van der Waals surface area contributed by atoms with Crippen LogP contribution in [0.2, 0.25) is 0 Å². The molecule has 1 saturated carbocycles. The molecule has 0 spiro atoms. The van der Waals surface area contributed by atoms with Crippen LogP contribution in [0.1, 0.15) is 33.1 Å². The van der Waals surface area contributed by atoms with E-state index < -0.39 is 4.87 Å². The maximum Gasteiger partial charge on any atom is 0.217 e. The Balaban J connectivity index is 2.66. The molecule has 3 atom stereocenters. The predicted molar refractivity (Wildman–Crippen MR) is 55.4 cm³/mol. The van der Waals surface area contributed by atoms with E-state index in [0.29, 0.717) is 0 Å². The maximum atomic E-state index is 10.9. The van der Waals surface area contributed by atoms with Gasteiger partial charge in [-0.2, -0.15) is 0 Å². The van der Waals surface area contributed by atoms with Crippen LogP contribution in [0.3, 0.4) is 0 Å². The smallest absolute Gasteiger partial charge is 0.217 e. The van der Waals surface area contributed by atoms with Gasteiger partial charge in [-0.1, -0.05) is 0 Å². The average molecular weight is 224 g/mol. The molecule has 1 aliphatic carbocycles. The molecule has 1 N–H and O–H groups in total. The van der Waals surface area contributed by atoms with Gasteiger partial charge in [-0.25, -0.2) is 0 Å². The van der Waals surface area contributed by atoms with Crippen molar-refractivity contribution in [3.05, 3.63) is 0 Å². The SMILES string of the molecule is CC(=O)NC1CCCC(Cl)C1(C)Cl. The number of hydrogen-bond donors (Lipinski definition) is 1. The van der Waals surface area contributed by atoms with Gasteiger partial charge in [0.2, 0.25) is 5.91 Å². The van der Waals surface area contributed by atoms with E-state index in [1.54, 1.807) is 0 Å². The number of nitrogens with one attached hydrogen (secondary N) is 1. The van der Waals surface area contributed by atoms with Crippen molar-refractivity contribution in [3.8, 4) is 0 Å². The maximum absolute atomic E-state index is 10.9. The molecular formula is C9H15Cl2NO. The first-order valence-electron chi connectivity index (χ1n) is 4.54. The van der Waals surface area contributed by atoms with Crippen LogP contribution in [0.4, 0.5) is 0 Å². The highest BCUT2D eigenvalue weighted by molar-refractivity contribution is 6.33. The summed E-state index contributed by atoms with van der Waals surface area (Å²) >= 11 is 12.4. The fourth-order valence-corrected chi connectivity index (χ4v) is 2.32. The van der Waals surface area contributed by atoms with E-state index >= 15 is 0 Å². The number of alkyl halides is 2. The molecule has 13 heavy (non-hydrogen) atoms. The van der Waals surface area contributed by atoms with E-state index in [4.69, 9.17) is 23.2 Å². The molecule has 1 aliphatic rings. The first-order valence-corrected chi connectivity index (χ1v) is 5.36. The molecule has 76 valence electrons. The summed E-state index contributed by atoms with van der Waals surface area (Å²) in [5.41, 5.74) is 0. The average Bonchev–Trinajstić information content (AvgIpc) is 1.99. The molecule has 0 aromatic rings. The quantitative estimate of drug-likeness (QED) is 0.680. The minimum Gasteiger partial charge on any atom is -0.352 e. The van der Waals surface area contributed by atoms with E-state index in [1.807, 2.05) is 6.92 Å². The molecule has 1 fully saturated rings. The lowest BCUT2D eigenvalue weighted by atomic mass is 9.84. The fourth-order valence-electron chi connectivity index (χ4n) is 1.74. The number of carbonyl (C=O) groups excluding carboxylic acids is 1.